The summed E-state index contributed by atoms with van der Waals surface area (Å²) in [7, 11) is -1.88. The summed E-state index contributed by atoms with van der Waals surface area (Å²) in [6.45, 7) is 0. The van der Waals surface area contributed by atoms with Gasteiger partial charge in [0.2, 0.25) is 0 Å². The topological polar surface area (TPSA) is 46.1 Å². The van der Waals surface area contributed by atoms with Crippen LogP contribution in [0.2, 0.25) is 0 Å². The average Bonchev–Trinajstić information content (AvgIpc) is 1.88. The van der Waals surface area contributed by atoms with Crippen LogP contribution in [-0.2, 0) is 0 Å². The van der Waals surface area contributed by atoms with Gasteiger partial charge in [-0.1, -0.05) is 19.3 Å². The molecule has 0 saturated heterocycles. The Morgan fingerprint density at radius 2 is 1.42 bits per heavy atom. The van der Waals surface area contributed by atoms with Crippen molar-refractivity contribution in [1.82, 2.24) is 0 Å². The van der Waals surface area contributed by atoms with Gasteiger partial charge < -0.3 is 10.0 Å². The van der Waals surface area contributed by atoms with E-state index in [9.17, 15) is 10.0 Å². The summed E-state index contributed by atoms with van der Waals surface area (Å²) in [6, 6.07) is 6.24. The van der Waals surface area contributed by atoms with E-state index in [1.165, 1.54) is 12.1 Å². The second-order valence-electron chi connectivity index (χ2n) is 1.92. The van der Waals surface area contributed by atoms with Crippen molar-refractivity contribution in [2.45, 2.75) is 4.90 Å². The first-order valence-corrected chi connectivity index (χ1v) is 3.25. The van der Waals surface area contributed by atoms with Gasteiger partial charge >= 0.3 is 59.1 Å². The van der Waals surface area contributed by atoms with Crippen LogP contribution < -0.4 is 74.6 Å². The Morgan fingerprint density at radius 1 is 1.00 bits per heavy atom. The Bertz CT molecular complexity index is 217. The average molecular weight is 198 g/mol. The second-order valence-corrected chi connectivity index (χ2v) is 2.44. The van der Waals surface area contributed by atoms with Gasteiger partial charge in [0.05, 0.1) is 0 Å². The zero-order chi connectivity index (χ0) is 7.56. The smallest absolute Gasteiger partial charge is 0.889 e. The van der Waals surface area contributed by atoms with Crippen LogP contribution in [0.5, 0.6) is 0 Å². The molecule has 0 saturated carbocycles. The van der Waals surface area contributed by atoms with Gasteiger partial charge in [0.1, 0.15) is 0 Å². The standard InChI is InChI=1S/C6H5BO2S.2Na/c8-7(9)5-1-3-6(10)4-2-5;;/h1-4,10H;;/q-2;2*+1. The predicted octanol–water partition coefficient (Wildman–Crippen LogP) is -7.60. The fourth-order valence-corrected chi connectivity index (χ4v) is 0.781. The van der Waals surface area contributed by atoms with E-state index in [4.69, 9.17) is 0 Å². The third kappa shape index (κ3) is 5.32. The van der Waals surface area contributed by atoms with Crippen molar-refractivity contribution in [2.24, 2.45) is 0 Å². The molecule has 0 unspecified atom stereocenters. The SMILES string of the molecule is [Na+].[Na+].[O-]B([O-])c1ccc(S)cc1. The largest absolute Gasteiger partial charge is 1.00 e. The normalized spacial score (nSPS) is 7.92. The summed E-state index contributed by atoms with van der Waals surface area (Å²) in [5.74, 6) is 0. The van der Waals surface area contributed by atoms with E-state index in [0.29, 0.717) is 0 Å². The van der Waals surface area contributed by atoms with E-state index in [2.05, 4.69) is 12.6 Å². The number of hydrogen-bond donors (Lipinski definition) is 1. The summed E-state index contributed by atoms with van der Waals surface area (Å²) >= 11 is 4.00. The zero-order valence-corrected chi connectivity index (χ0v) is 12.0. The van der Waals surface area contributed by atoms with Crippen LogP contribution in [0.15, 0.2) is 29.2 Å². The minimum Gasteiger partial charge on any atom is -0.889 e. The van der Waals surface area contributed by atoms with Gasteiger partial charge in [-0.05, 0) is 12.1 Å². The van der Waals surface area contributed by atoms with Crippen LogP contribution in [0, 0.1) is 0 Å². The molecule has 0 aromatic heterocycles. The molecule has 0 fully saturated rings. The van der Waals surface area contributed by atoms with Crippen LogP contribution >= 0.6 is 12.6 Å². The van der Waals surface area contributed by atoms with E-state index in [0.717, 1.165) is 4.90 Å². The minimum atomic E-state index is -1.88. The Labute approximate surface area is 122 Å². The maximum Gasteiger partial charge on any atom is 1.00 e. The van der Waals surface area contributed by atoms with Crippen molar-refractivity contribution in [2.75, 3.05) is 0 Å². The number of hydrogen-bond acceptors (Lipinski definition) is 3. The van der Waals surface area contributed by atoms with Crippen molar-refractivity contribution >= 4 is 25.2 Å². The Kier molecular flexibility index (Phi) is 10.6. The molecule has 1 rings (SSSR count). The Hall–Kier alpha value is 1.55. The van der Waals surface area contributed by atoms with E-state index < -0.39 is 7.12 Å². The molecule has 0 N–H and O–H groups in total. The quantitative estimate of drug-likeness (QED) is 0.360. The minimum absolute atomic E-state index is 0. The van der Waals surface area contributed by atoms with Crippen LogP contribution in [-0.4, -0.2) is 7.12 Å². The maximum atomic E-state index is 10.3. The molecule has 0 bridgehead atoms. The molecule has 1 aromatic rings. The van der Waals surface area contributed by atoms with Crippen LogP contribution in [0.25, 0.3) is 0 Å². The molecule has 0 spiro atoms. The van der Waals surface area contributed by atoms with Crippen LogP contribution in [0.4, 0.5) is 0 Å². The van der Waals surface area contributed by atoms with Gasteiger partial charge in [0, 0.05) is 4.90 Å². The molecule has 6 heteroatoms. The van der Waals surface area contributed by atoms with Crippen LogP contribution in [0.1, 0.15) is 0 Å². The summed E-state index contributed by atoms with van der Waals surface area (Å²) in [5, 5.41) is 20.5. The van der Waals surface area contributed by atoms with Gasteiger partial charge in [-0.15, -0.1) is 18.1 Å². The molecule has 0 aliphatic carbocycles. The van der Waals surface area contributed by atoms with E-state index >= 15 is 0 Å². The number of thiol groups is 1. The van der Waals surface area contributed by atoms with Crippen molar-refractivity contribution in [3.8, 4) is 0 Å². The molecule has 0 amide bonds. The van der Waals surface area contributed by atoms with E-state index in [1.807, 2.05) is 0 Å². The third-order valence-corrected chi connectivity index (χ3v) is 1.46. The van der Waals surface area contributed by atoms with Gasteiger partial charge in [0.15, 0.2) is 0 Å². The second kappa shape index (κ2) is 7.91. The molecule has 2 nitrogen and oxygen atoms in total. The molecule has 0 radical (unpaired) electrons. The number of rotatable bonds is 1. The molecule has 0 aliphatic heterocycles. The predicted molar refractivity (Wildman–Crippen MR) is 39.1 cm³/mol. The Balaban J connectivity index is 0. The molecular formula is C6H5BNa2O2S. The van der Waals surface area contributed by atoms with Gasteiger partial charge in [-0.25, -0.2) is 0 Å². The van der Waals surface area contributed by atoms with E-state index in [1.54, 1.807) is 12.1 Å². The van der Waals surface area contributed by atoms with Crippen molar-refractivity contribution in [3.63, 3.8) is 0 Å². The molecular weight excluding hydrogens is 193 g/mol. The molecule has 1 aromatic carbocycles. The molecule has 0 heterocycles. The molecule has 0 aliphatic rings. The summed E-state index contributed by atoms with van der Waals surface area (Å²) in [6.07, 6.45) is 0. The first-order chi connectivity index (χ1) is 4.70. The molecule has 52 valence electrons. The fourth-order valence-electron chi connectivity index (χ4n) is 0.631. The van der Waals surface area contributed by atoms with Gasteiger partial charge in [0.25, 0.3) is 0 Å². The number of benzene rings is 1. The summed E-state index contributed by atoms with van der Waals surface area (Å²) in [5.41, 5.74) is 0.262. The maximum absolute atomic E-state index is 10.3. The molecule has 12 heavy (non-hydrogen) atoms. The monoisotopic (exact) mass is 198 g/mol. The van der Waals surface area contributed by atoms with Crippen molar-refractivity contribution in [1.29, 1.82) is 0 Å². The fraction of sp³-hybridized carbons (Fsp3) is 0. The first-order valence-electron chi connectivity index (χ1n) is 2.81. The summed E-state index contributed by atoms with van der Waals surface area (Å²) in [4.78, 5) is 0.754. The third-order valence-electron chi connectivity index (χ3n) is 1.17. The van der Waals surface area contributed by atoms with E-state index in [-0.39, 0.29) is 64.6 Å². The zero-order valence-electron chi connectivity index (χ0n) is 7.15. The van der Waals surface area contributed by atoms with Gasteiger partial charge in [-0.3, -0.25) is 0 Å². The Morgan fingerprint density at radius 3 is 1.75 bits per heavy atom. The first kappa shape index (κ1) is 16.0. The van der Waals surface area contributed by atoms with Crippen LogP contribution in [0.3, 0.4) is 0 Å². The van der Waals surface area contributed by atoms with Crippen molar-refractivity contribution in [3.05, 3.63) is 24.3 Å². The van der Waals surface area contributed by atoms with Gasteiger partial charge in [-0.2, -0.15) is 0 Å². The molecule has 0 atom stereocenters. The summed E-state index contributed by atoms with van der Waals surface area (Å²) < 4.78 is 0. The van der Waals surface area contributed by atoms with Crippen molar-refractivity contribution < 1.29 is 69.2 Å².